The third kappa shape index (κ3) is 5.82. The van der Waals surface area contributed by atoms with Crippen molar-refractivity contribution in [2.75, 3.05) is 13.1 Å². The monoisotopic (exact) mass is 305 g/mol. The Morgan fingerprint density at radius 2 is 1.86 bits per heavy atom. The lowest BCUT2D eigenvalue weighted by Crippen LogP contribution is -2.53. The van der Waals surface area contributed by atoms with E-state index in [2.05, 4.69) is 11.4 Å². The lowest BCUT2D eigenvalue weighted by molar-refractivity contribution is -0.159. The van der Waals surface area contributed by atoms with Gasteiger partial charge in [0.25, 0.3) is 0 Å². The Labute approximate surface area is 123 Å². The lowest BCUT2D eigenvalue weighted by Gasteiger charge is -2.33. The van der Waals surface area contributed by atoms with Crippen LogP contribution in [0, 0.1) is 22.7 Å². The molecule has 120 valence electrons. The number of likely N-dealkylation sites (tertiary alicyclic amines) is 1. The van der Waals surface area contributed by atoms with Crippen LogP contribution in [0.5, 0.6) is 0 Å². The number of hydrogen-bond acceptors (Lipinski definition) is 2. The third-order valence-electron chi connectivity index (χ3n) is 3.47. The van der Waals surface area contributed by atoms with Crippen molar-refractivity contribution in [3.8, 4) is 6.07 Å². The normalized spacial score (nSPS) is 19.0. The molecule has 0 aromatic carbocycles. The molecule has 21 heavy (non-hydrogen) atoms. The fraction of sp³-hybridized carbons (Fsp3) is 0.857. The molecule has 1 atom stereocenters. The van der Waals surface area contributed by atoms with Crippen molar-refractivity contribution in [1.82, 2.24) is 10.2 Å². The Hall–Kier alpha value is -1.45. The van der Waals surface area contributed by atoms with Gasteiger partial charge >= 0.3 is 12.2 Å². The summed E-state index contributed by atoms with van der Waals surface area (Å²) in [6.07, 6.45) is -3.61. The minimum atomic E-state index is -4.46. The third-order valence-corrected chi connectivity index (χ3v) is 3.47. The summed E-state index contributed by atoms with van der Waals surface area (Å²) in [6.45, 7) is 5.76. The predicted molar refractivity (Wildman–Crippen MR) is 72.4 cm³/mol. The van der Waals surface area contributed by atoms with Gasteiger partial charge in [0.05, 0.1) is 6.07 Å². The average Bonchev–Trinajstić information content (AvgIpc) is 2.35. The first-order valence-electron chi connectivity index (χ1n) is 7.05. The largest absolute Gasteiger partial charge is 0.408 e. The molecule has 1 aliphatic heterocycles. The Bertz CT molecular complexity index is 401. The van der Waals surface area contributed by atoms with Crippen LogP contribution in [0.25, 0.3) is 0 Å². The van der Waals surface area contributed by atoms with Crippen molar-refractivity contribution in [3.63, 3.8) is 0 Å². The summed E-state index contributed by atoms with van der Waals surface area (Å²) in [5, 5.41) is 10.9. The highest BCUT2D eigenvalue weighted by Crippen LogP contribution is 2.30. The number of rotatable bonds is 2. The van der Waals surface area contributed by atoms with Gasteiger partial charge in [0.1, 0.15) is 6.04 Å². The number of hydrogen-bond donors (Lipinski definition) is 1. The van der Waals surface area contributed by atoms with E-state index in [0.29, 0.717) is 25.9 Å². The van der Waals surface area contributed by atoms with Crippen LogP contribution in [0.15, 0.2) is 0 Å². The van der Waals surface area contributed by atoms with E-state index in [4.69, 9.17) is 5.26 Å². The average molecular weight is 305 g/mol. The maximum Gasteiger partial charge on any atom is 0.408 e. The maximum absolute atomic E-state index is 13.0. The van der Waals surface area contributed by atoms with Crippen molar-refractivity contribution in [3.05, 3.63) is 0 Å². The smallest absolute Gasteiger partial charge is 0.326 e. The summed E-state index contributed by atoms with van der Waals surface area (Å²) < 4.78 is 39.1. The van der Waals surface area contributed by atoms with Gasteiger partial charge in [-0.1, -0.05) is 20.8 Å². The van der Waals surface area contributed by atoms with Crippen molar-refractivity contribution in [2.45, 2.75) is 52.3 Å². The summed E-state index contributed by atoms with van der Waals surface area (Å²) in [4.78, 5) is 13.3. The molecule has 1 saturated heterocycles. The number of nitriles is 1. The number of amides is 2. The molecule has 0 unspecified atom stereocenters. The molecule has 2 amide bonds. The molecule has 0 spiro atoms. The maximum atomic E-state index is 13.0. The van der Waals surface area contributed by atoms with Crippen LogP contribution in [0.2, 0.25) is 0 Å². The predicted octanol–water partition coefficient (Wildman–Crippen LogP) is 3.30. The second-order valence-corrected chi connectivity index (χ2v) is 6.70. The molecule has 1 fully saturated rings. The van der Waals surface area contributed by atoms with E-state index in [-0.39, 0.29) is 12.3 Å². The Morgan fingerprint density at radius 3 is 2.24 bits per heavy atom. The van der Waals surface area contributed by atoms with E-state index >= 15 is 0 Å². The standard InChI is InChI=1S/C14H22F3N3O/c1-13(2,3)8-11(14(15,16)17)19-12(21)20-6-4-10(9-18)5-7-20/h10-11H,4-8H2,1-3H3,(H,19,21)/t11-/m1/s1. The summed E-state index contributed by atoms with van der Waals surface area (Å²) >= 11 is 0. The van der Waals surface area contributed by atoms with Gasteiger partial charge in [0.2, 0.25) is 0 Å². The van der Waals surface area contributed by atoms with Crippen LogP contribution in [-0.2, 0) is 0 Å². The van der Waals surface area contributed by atoms with Crippen molar-refractivity contribution < 1.29 is 18.0 Å². The van der Waals surface area contributed by atoms with Gasteiger partial charge in [-0.15, -0.1) is 0 Å². The zero-order valence-electron chi connectivity index (χ0n) is 12.6. The molecule has 0 aromatic heterocycles. The van der Waals surface area contributed by atoms with Gasteiger partial charge in [-0.2, -0.15) is 18.4 Å². The van der Waals surface area contributed by atoms with Crippen LogP contribution < -0.4 is 5.32 Å². The number of alkyl halides is 3. The van der Waals surface area contributed by atoms with E-state index in [1.807, 2.05) is 0 Å². The molecule has 0 bridgehead atoms. The van der Waals surface area contributed by atoms with Gasteiger partial charge in [-0.3, -0.25) is 0 Å². The molecular formula is C14H22F3N3O. The van der Waals surface area contributed by atoms with Crippen LogP contribution in [0.3, 0.4) is 0 Å². The fourth-order valence-corrected chi connectivity index (χ4v) is 2.31. The second-order valence-electron chi connectivity index (χ2n) is 6.70. The Morgan fingerprint density at radius 1 is 1.33 bits per heavy atom. The van der Waals surface area contributed by atoms with Crippen molar-refractivity contribution in [1.29, 1.82) is 5.26 Å². The molecule has 0 saturated carbocycles. The van der Waals surface area contributed by atoms with Crippen LogP contribution in [-0.4, -0.2) is 36.2 Å². The van der Waals surface area contributed by atoms with Crippen LogP contribution in [0.4, 0.5) is 18.0 Å². The molecule has 0 aliphatic carbocycles. The van der Waals surface area contributed by atoms with E-state index in [9.17, 15) is 18.0 Å². The van der Waals surface area contributed by atoms with Crippen LogP contribution in [0.1, 0.15) is 40.0 Å². The first-order valence-corrected chi connectivity index (χ1v) is 7.05. The highest BCUT2D eigenvalue weighted by atomic mass is 19.4. The number of carbonyl (C=O) groups excluding carboxylic acids is 1. The zero-order valence-corrected chi connectivity index (χ0v) is 12.6. The van der Waals surface area contributed by atoms with Crippen molar-refractivity contribution >= 4 is 6.03 Å². The lowest BCUT2D eigenvalue weighted by atomic mass is 9.88. The topological polar surface area (TPSA) is 56.1 Å². The highest BCUT2D eigenvalue weighted by molar-refractivity contribution is 5.74. The summed E-state index contributed by atoms with van der Waals surface area (Å²) in [6, 6.07) is -0.424. The summed E-state index contributed by atoms with van der Waals surface area (Å²) in [7, 11) is 0. The van der Waals surface area contributed by atoms with Gasteiger partial charge in [-0.25, -0.2) is 4.79 Å². The first kappa shape index (κ1) is 17.6. The van der Waals surface area contributed by atoms with E-state index < -0.39 is 23.7 Å². The first-order chi connectivity index (χ1) is 9.53. The van der Waals surface area contributed by atoms with Gasteiger partial charge < -0.3 is 10.2 Å². The van der Waals surface area contributed by atoms with Gasteiger partial charge in [-0.05, 0) is 24.7 Å². The molecule has 0 radical (unpaired) electrons. The Kier molecular flexibility index (Phi) is 5.48. The SMILES string of the molecule is CC(C)(C)C[C@@H](NC(=O)N1CCC(C#N)CC1)C(F)(F)F. The number of urea groups is 1. The molecule has 1 aliphatic rings. The summed E-state index contributed by atoms with van der Waals surface area (Å²) in [5.41, 5.74) is -0.540. The molecule has 4 nitrogen and oxygen atoms in total. The molecule has 1 rings (SSSR count). The Balaban J connectivity index is 2.63. The van der Waals surface area contributed by atoms with Gasteiger partial charge in [0, 0.05) is 19.0 Å². The number of piperidine rings is 1. The van der Waals surface area contributed by atoms with Crippen LogP contribution >= 0.6 is 0 Å². The highest BCUT2D eigenvalue weighted by Gasteiger charge is 2.43. The fourth-order valence-electron chi connectivity index (χ4n) is 2.31. The quantitative estimate of drug-likeness (QED) is 0.851. The second kappa shape index (κ2) is 6.54. The number of halogens is 3. The number of nitrogens with zero attached hydrogens (tertiary/aromatic N) is 2. The van der Waals surface area contributed by atoms with E-state index in [1.54, 1.807) is 20.8 Å². The number of nitrogens with one attached hydrogen (secondary N) is 1. The van der Waals surface area contributed by atoms with Crippen molar-refractivity contribution in [2.24, 2.45) is 11.3 Å². The van der Waals surface area contributed by atoms with Gasteiger partial charge in [0.15, 0.2) is 0 Å². The summed E-state index contributed by atoms with van der Waals surface area (Å²) in [5.74, 6) is -0.109. The molecular weight excluding hydrogens is 283 g/mol. The molecule has 1 N–H and O–H groups in total. The molecule has 0 aromatic rings. The molecule has 1 heterocycles. The van der Waals surface area contributed by atoms with E-state index in [0.717, 1.165) is 0 Å². The molecule has 7 heteroatoms. The van der Waals surface area contributed by atoms with E-state index in [1.165, 1.54) is 4.90 Å². The zero-order chi connectivity index (χ0) is 16.3. The minimum Gasteiger partial charge on any atom is -0.326 e. The minimum absolute atomic E-state index is 0.109. The number of carbonyl (C=O) groups is 1.